The van der Waals surface area contributed by atoms with Crippen molar-refractivity contribution in [1.82, 2.24) is 15.1 Å². The van der Waals surface area contributed by atoms with Crippen LogP contribution >= 0.6 is 0 Å². The fraction of sp³-hybridized carbons (Fsp3) is 0.600. The second-order valence-electron chi connectivity index (χ2n) is 7.06. The SMILES string of the molecule is CN=C(NCCS(=O)Cc1ccccc1)N1CCN(C(=O)C2CCCO2)CC1. The van der Waals surface area contributed by atoms with E-state index in [-0.39, 0.29) is 12.0 Å². The predicted octanol–water partition coefficient (Wildman–Crippen LogP) is 0.834. The highest BCUT2D eigenvalue weighted by Gasteiger charge is 2.30. The van der Waals surface area contributed by atoms with Crippen LogP contribution in [0.3, 0.4) is 0 Å². The zero-order valence-electron chi connectivity index (χ0n) is 16.5. The molecule has 2 fully saturated rings. The number of piperazine rings is 1. The molecule has 28 heavy (non-hydrogen) atoms. The summed E-state index contributed by atoms with van der Waals surface area (Å²) >= 11 is 0. The van der Waals surface area contributed by atoms with Gasteiger partial charge in [0.15, 0.2) is 5.96 Å². The lowest BCUT2D eigenvalue weighted by atomic mass is 10.2. The van der Waals surface area contributed by atoms with Gasteiger partial charge in [0, 0.05) is 68.7 Å². The number of ether oxygens (including phenoxy) is 1. The lowest BCUT2D eigenvalue weighted by Crippen LogP contribution is -2.55. The largest absolute Gasteiger partial charge is 0.368 e. The number of hydrogen-bond donors (Lipinski definition) is 1. The molecule has 154 valence electrons. The van der Waals surface area contributed by atoms with Gasteiger partial charge in [-0.1, -0.05) is 30.3 Å². The van der Waals surface area contributed by atoms with Gasteiger partial charge in [0.25, 0.3) is 5.91 Å². The first-order valence-electron chi connectivity index (χ1n) is 9.92. The van der Waals surface area contributed by atoms with Crippen LogP contribution in [-0.4, -0.2) is 84.1 Å². The third-order valence-corrected chi connectivity index (χ3v) is 6.41. The number of nitrogens with zero attached hydrogens (tertiary/aromatic N) is 3. The topological polar surface area (TPSA) is 74.2 Å². The fourth-order valence-corrected chi connectivity index (χ4v) is 4.59. The molecule has 2 aliphatic heterocycles. The minimum Gasteiger partial charge on any atom is -0.368 e. The van der Waals surface area contributed by atoms with E-state index in [1.54, 1.807) is 7.05 Å². The van der Waals surface area contributed by atoms with Crippen LogP contribution in [0.15, 0.2) is 35.3 Å². The van der Waals surface area contributed by atoms with Gasteiger partial charge < -0.3 is 19.9 Å². The van der Waals surface area contributed by atoms with E-state index in [1.807, 2.05) is 35.2 Å². The molecular weight excluding hydrogens is 376 g/mol. The van der Waals surface area contributed by atoms with Crippen LogP contribution in [0.4, 0.5) is 0 Å². The van der Waals surface area contributed by atoms with Crippen molar-refractivity contribution in [3.8, 4) is 0 Å². The van der Waals surface area contributed by atoms with Gasteiger partial charge in [-0.05, 0) is 18.4 Å². The number of rotatable bonds is 6. The summed E-state index contributed by atoms with van der Waals surface area (Å²) in [7, 11) is 0.846. The van der Waals surface area contributed by atoms with Crippen molar-refractivity contribution in [3.05, 3.63) is 35.9 Å². The molecule has 2 unspecified atom stereocenters. The van der Waals surface area contributed by atoms with Crippen molar-refractivity contribution in [1.29, 1.82) is 0 Å². The molecule has 0 bridgehead atoms. The Morgan fingerprint density at radius 1 is 1.21 bits per heavy atom. The van der Waals surface area contributed by atoms with Crippen molar-refractivity contribution >= 4 is 22.7 Å². The first-order valence-corrected chi connectivity index (χ1v) is 11.4. The molecule has 1 N–H and O–H groups in total. The molecule has 0 aliphatic carbocycles. The van der Waals surface area contributed by atoms with Crippen molar-refractivity contribution in [3.63, 3.8) is 0 Å². The van der Waals surface area contributed by atoms with Crippen LogP contribution in [0.25, 0.3) is 0 Å². The number of guanidine groups is 1. The van der Waals surface area contributed by atoms with Gasteiger partial charge in [0.2, 0.25) is 0 Å². The average molecular weight is 407 g/mol. The molecule has 2 saturated heterocycles. The Balaban J connectivity index is 1.38. The van der Waals surface area contributed by atoms with Crippen molar-refractivity contribution in [2.24, 2.45) is 4.99 Å². The number of nitrogens with one attached hydrogen (secondary N) is 1. The quantitative estimate of drug-likeness (QED) is 0.560. The Labute approximate surface area is 169 Å². The molecule has 0 saturated carbocycles. The molecule has 2 heterocycles. The monoisotopic (exact) mass is 406 g/mol. The van der Waals surface area contributed by atoms with E-state index in [1.165, 1.54) is 0 Å². The van der Waals surface area contributed by atoms with E-state index in [9.17, 15) is 9.00 Å². The number of carbonyl (C=O) groups is 1. The molecule has 0 spiro atoms. The van der Waals surface area contributed by atoms with Gasteiger partial charge in [-0.3, -0.25) is 14.0 Å². The second-order valence-corrected chi connectivity index (χ2v) is 8.64. The molecular formula is C20H30N4O3S. The van der Waals surface area contributed by atoms with E-state index in [2.05, 4.69) is 15.2 Å². The Kier molecular flexibility index (Phi) is 7.85. The van der Waals surface area contributed by atoms with Gasteiger partial charge in [-0.15, -0.1) is 0 Å². The van der Waals surface area contributed by atoms with Gasteiger partial charge in [0.1, 0.15) is 6.10 Å². The van der Waals surface area contributed by atoms with Gasteiger partial charge in [-0.25, -0.2) is 0 Å². The molecule has 2 aliphatic rings. The summed E-state index contributed by atoms with van der Waals surface area (Å²) in [4.78, 5) is 20.8. The van der Waals surface area contributed by atoms with Crippen LogP contribution in [0.1, 0.15) is 18.4 Å². The molecule has 3 rings (SSSR count). The van der Waals surface area contributed by atoms with Crippen LogP contribution in [0, 0.1) is 0 Å². The van der Waals surface area contributed by atoms with Crippen LogP contribution in [-0.2, 0) is 26.1 Å². The first-order chi connectivity index (χ1) is 13.7. The molecule has 7 nitrogen and oxygen atoms in total. The molecule has 0 radical (unpaired) electrons. The zero-order chi connectivity index (χ0) is 19.8. The third-order valence-electron chi connectivity index (χ3n) is 5.09. The molecule has 1 aromatic rings. The number of hydrogen-bond acceptors (Lipinski definition) is 4. The second kappa shape index (κ2) is 10.6. The normalized spacial score (nSPS) is 21.6. The number of carbonyl (C=O) groups excluding carboxylic acids is 1. The number of benzene rings is 1. The Bertz CT molecular complexity index is 684. The van der Waals surface area contributed by atoms with Gasteiger partial charge >= 0.3 is 0 Å². The molecule has 1 amide bonds. The van der Waals surface area contributed by atoms with Gasteiger partial charge in [0.05, 0.1) is 0 Å². The summed E-state index contributed by atoms with van der Waals surface area (Å²) in [5.74, 6) is 2.08. The number of aliphatic imine (C=N–C) groups is 1. The van der Waals surface area contributed by atoms with Crippen molar-refractivity contribution in [2.75, 3.05) is 52.1 Å². The smallest absolute Gasteiger partial charge is 0.251 e. The Morgan fingerprint density at radius 2 is 1.93 bits per heavy atom. The van der Waals surface area contributed by atoms with Crippen LogP contribution in [0.2, 0.25) is 0 Å². The predicted molar refractivity (Wildman–Crippen MR) is 112 cm³/mol. The standard InChI is InChI=1S/C20H30N4O3S/c1-21-20(22-9-15-28(26)16-17-6-3-2-4-7-17)24-12-10-23(11-13-24)19(25)18-8-5-14-27-18/h2-4,6-7,18H,5,8-16H2,1H3,(H,21,22). The van der Waals surface area contributed by atoms with E-state index in [0.29, 0.717) is 37.7 Å². The summed E-state index contributed by atoms with van der Waals surface area (Å²) < 4.78 is 17.8. The summed E-state index contributed by atoms with van der Waals surface area (Å²) in [6.45, 7) is 4.15. The maximum absolute atomic E-state index is 12.4. The number of amides is 1. The molecule has 8 heteroatoms. The van der Waals surface area contributed by atoms with Gasteiger partial charge in [-0.2, -0.15) is 0 Å². The Morgan fingerprint density at radius 3 is 2.57 bits per heavy atom. The lowest BCUT2D eigenvalue weighted by molar-refractivity contribution is -0.142. The fourth-order valence-electron chi connectivity index (χ4n) is 3.56. The summed E-state index contributed by atoms with van der Waals surface area (Å²) in [6.07, 6.45) is 1.56. The summed E-state index contributed by atoms with van der Waals surface area (Å²) in [5, 5.41) is 3.31. The minimum absolute atomic E-state index is 0.122. The van der Waals surface area contributed by atoms with Crippen molar-refractivity contribution < 1.29 is 13.7 Å². The zero-order valence-corrected chi connectivity index (χ0v) is 17.3. The first kappa shape index (κ1) is 20.8. The molecule has 2 atom stereocenters. The highest BCUT2D eigenvalue weighted by molar-refractivity contribution is 7.84. The highest BCUT2D eigenvalue weighted by Crippen LogP contribution is 2.16. The maximum Gasteiger partial charge on any atom is 0.251 e. The highest BCUT2D eigenvalue weighted by atomic mass is 32.2. The van der Waals surface area contributed by atoms with E-state index in [4.69, 9.17) is 4.74 Å². The lowest BCUT2D eigenvalue weighted by Gasteiger charge is -2.37. The van der Waals surface area contributed by atoms with Crippen molar-refractivity contribution in [2.45, 2.75) is 24.7 Å². The minimum atomic E-state index is -0.911. The summed E-state index contributed by atoms with van der Waals surface area (Å²) in [5.41, 5.74) is 1.09. The van der Waals surface area contributed by atoms with E-state index >= 15 is 0 Å². The van der Waals surface area contributed by atoms with E-state index < -0.39 is 10.8 Å². The molecule has 1 aromatic carbocycles. The molecule has 0 aromatic heterocycles. The van der Waals surface area contributed by atoms with Crippen LogP contribution < -0.4 is 5.32 Å². The Hall–Kier alpha value is -1.93. The average Bonchev–Trinajstić information content (AvgIpc) is 3.26. The summed E-state index contributed by atoms with van der Waals surface area (Å²) in [6, 6.07) is 9.90. The third kappa shape index (κ3) is 5.78. The maximum atomic E-state index is 12.4. The van der Waals surface area contributed by atoms with Crippen LogP contribution in [0.5, 0.6) is 0 Å². The van der Waals surface area contributed by atoms with E-state index in [0.717, 1.165) is 37.5 Å².